The lowest BCUT2D eigenvalue weighted by atomic mass is 10.1. The van der Waals surface area contributed by atoms with Crippen molar-refractivity contribution in [3.8, 4) is 0 Å². The van der Waals surface area contributed by atoms with Crippen molar-refractivity contribution in [2.24, 2.45) is 0 Å². The van der Waals surface area contributed by atoms with Crippen molar-refractivity contribution in [1.29, 1.82) is 0 Å². The fraction of sp³-hybridized carbons (Fsp3) is 0.725. The minimum absolute atomic E-state index is 0.0868. The van der Waals surface area contributed by atoms with Gasteiger partial charge in [-0.2, -0.15) is 0 Å². The van der Waals surface area contributed by atoms with Crippen LogP contribution >= 0.6 is 0 Å². The van der Waals surface area contributed by atoms with Crippen LogP contribution < -0.4 is 0 Å². The SMILES string of the molecule is CC/C=C\C/C=C\C/C=C\C/C=C\CCCCC(=O)OCC(COC(=O)CCCCCCCC)OC(=O)CCCCCCCCC. The molecule has 0 aliphatic rings. The third-order valence-electron chi connectivity index (χ3n) is 7.60. The molecule has 0 aliphatic heterocycles. The van der Waals surface area contributed by atoms with Crippen LogP contribution in [0.5, 0.6) is 0 Å². The maximum atomic E-state index is 12.5. The van der Waals surface area contributed by atoms with Gasteiger partial charge >= 0.3 is 17.9 Å². The number of hydrogen-bond donors (Lipinski definition) is 0. The van der Waals surface area contributed by atoms with Crippen molar-refractivity contribution in [2.45, 2.75) is 175 Å². The molecule has 6 nitrogen and oxygen atoms in total. The van der Waals surface area contributed by atoms with Crippen molar-refractivity contribution in [1.82, 2.24) is 0 Å². The molecule has 0 amide bonds. The zero-order valence-corrected chi connectivity index (χ0v) is 29.8. The van der Waals surface area contributed by atoms with E-state index in [1.807, 2.05) is 0 Å². The lowest BCUT2D eigenvalue weighted by molar-refractivity contribution is -0.167. The van der Waals surface area contributed by atoms with Gasteiger partial charge in [-0.05, 0) is 57.8 Å². The highest BCUT2D eigenvalue weighted by Gasteiger charge is 2.19. The van der Waals surface area contributed by atoms with Gasteiger partial charge in [0.1, 0.15) is 13.2 Å². The predicted molar refractivity (Wildman–Crippen MR) is 192 cm³/mol. The summed E-state index contributed by atoms with van der Waals surface area (Å²) in [5.41, 5.74) is 0. The summed E-state index contributed by atoms with van der Waals surface area (Å²) in [6.45, 7) is 6.34. The number of esters is 3. The second kappa shape index (κ2) is 35.2. The Morgan fingerprint density at radius 2 is 0.848 bits per heavy atom. The fourth-order valence-corrected chi connectivity index (χ4v) is 4.78. The van der Waals surface area contributed by atoms with E-state index in [9.17, 15) is 14.4 Å². The fourth-order valence-electron chi connectivity index (χ4n) is 4.78. The van der Waals surface area contributed by atoms with Gasteiger partial charge in [0.25, 0.3) is 0 Å². The molecular weight excluding hydrogens is 576 g/mol. The molecule has 0 radical (unpaired) electrons. The Morgan fingerprint density at radius 3 is 1.33 bits per heavy atom. The van der Waals surface area contributed by atoms with E-state index in [1.54, 1.807) is 0 Å². The second-order valence-electron chi connectivity index (χ2n) is 12.1. The lowest BCUT2D eigenvalue weighted by Crippen LogP contribution is -2.30. The molecule has 0 saturated carbocycles. The van der Waals surface area contributed by atoms with Gasteiger partial charge in [-0.15, -0.1) is 0 Å². The van der Waals surface area contributed by atoms with Crippen LogP contribution in [0.3, 0.4) is 0 Å². The number of carbonyl (C=O) groups excluding carboxylic acids is 3. The van der Waals surface area contributed by atoms with E-state index in [2.05, 4.69) is 69.4 Å². The topological polar surface area (TPSA) is 78.9 Å². The predicted octanol–water partition coefficient (Wildman–Crippen LogP) is 11.2. The molecule has 0 saturated heterocycles. The highest BCUT2D eigenvalue weighted by molar-refractivity contribution is 5.71. The molecule has 0 aromatic heterocycles. The molecule has 0 rings (SSSR count). The van der Waals surface area contributed by atoms with Crippen molar-refractivity contribution in [3.05, 3.63) is 48.6 Å². The first-order valence-electron chi connectivity index (χ1n) is 18.6. The minimum atomic E-state index is -0.779. The van der Waals surface area contributed by atoms with Crippen LogP contribution in [0.25, 0.3) is 0 Å². The Hall–Kier alpha value is -2.63. The van der Waals surface area contributed by atoms with E-state index < -0.39 is 6.10 Å². The standard InChI is InChI=1S/C40H68O6/c1-4-7-10-13-16-17-18-19-20-21-22-23-25-27-30-33-39(42)45-36-37(35-44-38(41)32-29-26-15-12-9-6-3)46-40(43)34-31-28-24-14-11-8-5-2/h7,10,16-17,19-20,22-23,37H,4-6,8-9,11-15,18,21,24-36H2,1-3H3/b10-7-,17-16-,20-19-,23-22-. The largest absolute Gasteiger partial charge is 0.462 e. The maximum absolute atomic E-state index is 12.5. The minimum Gasteiger partial charge on any atom is -0.462 e. The Bertz CT molecular complexity index is 841. The number of carbonyl (C=O) groups is 3. The van der Waals surface area contributed by atoms with E-state index in [1.165, 1.54) is 44.9 Å². The smallest absolute Gasteiger partial charge is 0.306 e. The van der Waals surface area contributed by atoms with Gasteiger partial charge in [-0.3, -0.25) is 14.4 Å². The van der Waals surface area contributed by atoms with Crippen LogP contribution in [0.2, 0.25) is 0 Å². The van der Waals surface area contributed by atoms with Crippen LogP contribution in [0, 0.1) is 0 Å². The summed E-state index contributed by atoms with van der Waals surface area (Å²) in [5.74, 6) is -0.956. The molecule has 6 heteroatoms. The van der Waals surface area contributed by atoms with Gasteiger partial charge in [0.2, 0.25) is 0 Å². The second-order valence-corrected chi connectivity index (χ2v) is 12.1. The zero-order chi connectivity index (χ0) is 33.8. The Labute approximate surface area is 282 Å². The lowest BCUT2D eigenvalue weighted by Gasteiger charge is -2.18. The molecular formula is C40H68O6. The Morgan fingerprint density at radius 1 is 0.457 bits per heavy atom. The number of unbranched alkanes of at least 4 members (excludes halogenated alkanes) is 13. The van der Waals surface area contributed by atoms with Gasteiger partial charge in [-0.1, -0.05) is 140 Å². The first-order chi connectivity index (χ1) is 22.5. The van der Waals surface area contributed by atoms with Gasteiger partial charge in [0, 0.05) is 19.3 Å². The molecule has 0 aliphatic carbocycles. The molecule has 0 bridgehead atoms. The molecule has 0 N–H and O–H groups in total. The van der Waals surface area contributed by atoms with Crippen LogP contribution in [0.15, 0.2) is 48.6 Å². The van der Waals surface area contributed by atoms with E-state index in [4.69, 9.17) is 14.2 Å². The first-order valence-corrected chi connectivity index (χ1v) is 18.6. The van der Waals surface area contributed by atoms with Gasteiger partial charge in [0.05, 0.1) is 0 Å². The number of allylic oxidation sites excluding steroid dienone is 8. The molecule has 1 unspecified atom stereocenters. The summed E-state index contributed by atoms with van der Waals surface area (Å²) >= 11 is 0. The third-order valence-corrected chi connectivity index (χ3v) is 7.60. The van der Waals surface area contributed by atoms with Crippen molar-refractivity contribution >= 4 is 17.9 Å². The Balaban J connectivity index is 4.36. The van der Waals surface area contributed by atoms with Crippen molar-refractivity contribution in [2.75, 3.05) is 13.2 Å². The van der Waals surface area contributed by atoms with Gasteiger partial charge in [-0.25, -0.2) is 0 Å². The molecule has 1 atom stereocenters. The first kappa shape index (κ1) is 43.4. The van der Waals surface area contributed by atoms with Gasteiger partial charge in [0.15, 0.2) is 6.10 Å². The van der Waals surface area contributed by atoms with Crippen molar-refractivity contribution in [3.63, 3.8) is 0 Å². The summed E-state index contributed by atoms with van der Waals surface area (Å²) < 4.78 is 16.4. The Kier molecular flexibility index (Phi) is 33.2. The van der Waals surface area contributed by atoms with Crippen LogP contribution in [-0.2, 0) is 28.6 Å². The summed E-state index contributed by atoms with van der Waals surface area (Å²) in [5, 5.41) is 0. The molecule has 0 heterocycles. The monoisotopic (exact) mass is 645 g/mol. The normalized spacial score (nSPS) is 12.5. The number of hydrogen-bond acceptors (Lipinski definition) is 6. The number of ether oxygens (including phenoxy) is 3. The average Bonchev–Trinajstić information content (AvgIpc) is 3.05. The average molecular weight is 645 g/mol. The van der Waals surface area contributed by atoms with Crippen LogP contribution in [0.1, 0.15) is 168 Å². The van der Waals surface area contributed by atoms with Crippen molar-refractivity contribution < 1.29 is 28.6 Å². The van der Waals surface area contributed by atoms with E-state index in [-0.39, 0.29) is 31.1 Å². The number of rotatable bonds is 32. The van der Waals surface area contributed by atoms with Gasteiger partial charge < -0.3 is 14.2 Å². The molecule has 0 spiro atoms. The molecule has 0 aromatic carbocycles. The summed E-state index contributed by atoms with van der Waals surface area (Å²) in [6, 6.07) is 0. The quantitative estimate of drug-likeness (QED) is 0.0314. The highest BCUT2D eigenvalue weighted by atomic mass is 16.6. The highest BCUT2D eigenvalue weighted by Crippen LogP contribution is 2.11. The zero-order valence-electron chi connectivity index (χ0n) is 29.8. The summed E-state index contributed by atoms with van der Waals surface area (Å²) in [6.07, 6.45) is 38.4. The summed E-state index contributed by atoms with van der Waals surface area (Å²) in [7, 11) is 0. The van der Waals surface area contributed by atoms with E-state index in [0.29, 0.717) is 19.3 Å². The molecule has 46 heavy (non-hydrogen) atoms. The van der Waals surface area contributed by atoms with Crippen LogP contribution in [0.4, 0.5) is 0 Å². The molecule has 0 fully saturated rings. The molecule has 0 aromatic rings. The van der Waals surface area contributed by atoms with E-state index >= 15 is 0 Å². The maximum Gasteiger partial charge on any atom is 0.306 e. The summed E-state index contributed by atoms with van der Waals surface area (Å²) in [4.78, 5) is 37.1. The third kappa shape index (κ3) is 32.8. The van der Waals surface area contributed by atoms with E-state index in [0.717, 1.165) is 83.5 Å². The van der Waals surface area contributed by atoms with Crippen LogP contribution in [-0.4, -0.2) is 37.2 Å². The molecule has 264 valence electrons.